The Kier molecular flexibility index (Phi) is 4.83. The first-order valence-electron chi connectivity index (χ1n) is 8.18. The highest BCUT2D eigenvalue weighted by Gasteiger charge is 2.17. The molecule has 8 heteroatoms. The Balaban J connectivity index is 0.000000152. The molecule has 2 heterocycles. The summed E-state index contributed by atoms with van der Waals surface area (Å²) in [5.41, 5.74) is 9.98. The van der Waals surface area contributed by atoms with E-state index in [2.05, 4.69) is 10.6 Å². The SMILES string of the molecule is Nc1ccc2c(c1)CCC(=O)N2.O=C1CCc2cc([N+](=O)[O-])ccc2N1. The number of fused-ring (bicyclic) bond motifs is 2. The maximum atomic E-state index is 11.0. The monoisotopic (exact) mass is 354 g/mol. The van der Waals surface area contributed by atoms with Crippen LogP contribution < -0.4 is 16.4 Å². The van der Waals surface area contributed by atoms with E-state index >= 15 is 0 Å². The van der Waals surface area contributed by atoms with Crippen molar-refractivity contribution in [1.82, 2.24) is 0 Å². The average molecular weight is 354 g/mol. The van der Waals surface area contributed by atoms with Crippen molar-refractivity contribution in [1.29, 1.82) is 0 Å². The largest absolute Gasteiger partial charge is 0.399 e. The highest BCUT2D eigenvalue weighted by molar-refractivity contribution is 5.94. The van der Waals surface area contributed by atoms with Gasteiger partial charge in [0.15, 0.2) is 0 Å². The number of aryl methyl sites for hydroxylation is 2. The zero-order valence-electron chi connectivity index (χ0n) is 14.0. The number of hydrogen-bond donors (Lipinski definition) is 3. The van der Waals surface area contributed by atoms with E-state index in [9.17, 15) is 19.7 Å². The van der Waals surface area contributed by atoms with E-state index in [-0.39, 0.29) is 17.5 Å². The fourth-order valence-corrected chi connectivity index (χ4v) is 2.89. The molecular weight excluding hydrogens is 336 g/mol. The normalized spacial score (nSPS) is 14.8. The number of carbonyl (C=O) groups excluding carboxylic acids is 2. The zero-order valence-corrected chi connectivity index (χ0v) is 14.0. The van der Waals surface area contributed by atoms with Crippen molar-refractivity contribution >= 4 is 34.6 Å². The summed E-state index contributed by atoms with van der Waals surface area (Å²) < 4.78 is 0. The Bertz CT molecular complexity index is 895. The molecule has 0 atom stereocenters. The molecule has 0 unspecified atom stereocenters. The molecule has 134 valence electrons. The van der Waals surface area contributed by atoms with Gasteiger partial charge in [-0.1, -0.05) is 0 Å². The van der Waals surface area contributed by atoms with Gasteiger partial charge in [-0.05, 0) is 48.2 Å². The van der Waals surface area contributed by atoms with Gasteiger partial charge < -0.3 is 16.4 Å². The Morgan fingerprint density at radius 3 is 1.96 bits per heavy atom. The molecule has 0 spiro atoms. The van der Waals surface area contributed by atoms with E-state index in [4.69, 9.17) is 5.73 Å². The minimum atomic E-state index is -0.434. The van der Waals surface area contributed by atoms with Gasteiger partial charge >= 0.3 is 0 Å². The lowest BCUT2D eigenvalue weighted by Crippen LogP contribution is -2.18. The van der Waals surface area contributed by atoms with E-state index in [0.717, 1.165) is 28.9 Å². The lowest BCUT2D eigenvalue weighted by Gasteiger charge is -2.16. The van der Waals surface area contributed by atoms with Gasteiger partial charge in [-0.25, -0.2) is 0 Å². The van der Waals surface area contributed by atoms with Crippen LogP contribution in [-0.2, 0) is 22.4 Å². The summed E-state index contributed by atoms with van der Waals surface area (Å²) in [5.74, 6) is 0.0543. The van der Waals surface area contributed by atoms with Crippen LogP contribution in [0.15, 0.2) is 36.4 Å². The molecule has 0 aliphatic carbocycles. The first kappa shape index (κ1) is 17.4. The number of nitrogens with zero attached hydrogens (tertiary/aromatic N) is 1. The molecule has 0 fully saturated rings. The number of benzene rings is 2. The van der Waals surface area contributed by atoms with Crippen LogP contribution in [0.4, 0.5) is 22.7 Å². The van der Waals surface area contributed by atoms with E-state index < -0.39 is 4.92 Å². The van der Waals surface area contributed by atoms with E-state index in [1.165, 1.54) is 12.1 Å². The van der Waals surface area contributed by atoms with Crippen molar-refractivity contribution in [3.05, 3.63) is 57.6 Å². The van der Waals surface area contributed by atoms with Gasteiger partial charge in [0, 0.05) is 42.0 Å². The Morgan fingerprint density at radius 1 is 0.846 bits per heavy atom. The summed E-state index contributed by atoms with van der Waals surface area (Å²) in [7, 11) is 0. The second-order valence-corrected chi connectivity index (χ2v) is 6.11. The third-order valence-corrected chi connectivity index (χ3v) is 4.22. The molecule has 8 nitrogen and oxygen atoms in total. The molecule has 2 amide bonds. The molecule has 0 saturated carbocycles. The highest BCUT2D eigenvalue weighted by atomic mass is 16.6. The summed E-state index contributed by atoms with van der Waals surface area (Å²) in [4.78, 5) is 32.0. The molecule has 0 bridgehead atoms. The van der Waals surface area contributed by atoms with Crippen molar-refractivity contribution in [2.75, 3.05) is 16.4 Å². The minimum absolute atomic E-state index is 0.0358. The number of nitrogen functional groups attached to an aromatic ring is 1. The Morgan fingerprint density at radius 2 is 1.38 bits per heavy atom. The number of anilines is 3. The Labute approximate surface area is 149 Å². The summed E-state index contributed by atoms with van der Waals surface area (Å²) >= 11 is 0. The molecule has 0 radical (unpaired) electrons. The summed E-state index contributed by atoms with van der Waals surface area (Å²) in [5, 5.41) is 15.9. The quantitative estimate of drug-likeness (QED) is 0.412. The van der Waals surface area contributed by atoms with E-state index in [1.807, 2.05) is 12.1 Å². The lowest BCUT2D eigenvalue weighted by molar-refractivity contribution is -0.384. The predicted molar refractivity (Wildman–Crippen MR) is 97.9 cm³/mol. The summed E-state index contributed by atoms with van der Waals surface area (Å²) in [6.07, 6.45) is 2.33. The number of hydrogen-bond acceptors (Lipinski definition) is 5. The smallest absolute Gasteiger partial charge is 0.269 e. The standard InChI is InChI=1S/C9H8N2O3.C9H10N2O/c12-9-4-1-6-5-7(11(13)14)2-3-8(6)10-9;10-7-2-3-8-6(5-7)1-4-9(12)11-8/h2-3,5H,1,4H2,(H,10,12);2-3,5H,1,4,10H2,(H,11,12). The van der Waals surface area contributed by atoms with Crippen molar-refractivity contribution < 1.29 is 14.5 Å². The van der Waals surface area contributed by atoms with Crippen LogP contribution >= 0.6 is 0 Å². The zero-order chi connectivity index (χ0) is 18.7. The van der Waals surface area contributed by atoms with Gasteiger partial charge in [-0.15, -0.1) is 0 Å². The number of rotatable bonds is 1. The van der Waals surface area contributed by atoms with Crippen molar-refractivity contribution in [3.8, 4) is 0 Å². The summed E-state index contributed by atoms with van der Waals surface area (Å²) in [6, 6.07) is 10.0. The molecule has 2 aliphatic heterocycles. The van der Waals surface area contributed by atoms with Gasteiger partial charge in [-0.3, -0.25) is 19.7 Å². The predicted octanol–water partition coefficient (Wildman–Crippen LogP) is 2.63. The molecule has 2 aliphatic rings. The highest BCUT2D eigenvalue weighted by Crippen LogP contribution is 2.26. The van der Waals surface area contributed by atoms with Crippen LogP contribution in [0.25, 0.3) is 0 Å². The van der Waals surface area contributed by atoms with Crippen LogP contribution in [0, 0.1) is 10.1 Å². The fraction of sp³-hybridized carbons (Fsp3) is 0.222. The third-order valence-electron chi connectivity index (χ3n) is 4.22. The minimum Gasteiger partial charge on any atom is -0.399 e. The number of carbonyl (C=O) groups is 2. The van der Waals surface area contributed by atoms with Gasteiger partial charge in [0.25, 0.3) is 5.69 Å². The van der Waals surface area contributed by atoms with Crippen LogP contribution in [0.5, 0.6) is 0 Å². The summed E-state index contributed by atoms with van der Waals surface area (Å²) in [6.45, 7) is 0. The molecule has 4 rings (SSSR count). The molecule has 0 saturated heterocycles. The molecule has 2 aromatic rings. The molecule has 26 heavy (non-hydrogen) atoms. The Hall–Kier alpha value is -3.42. The number of nitrogens with one attached hydrogen (secondary N) is 2. The van der Waals surface area contributed by atoms with Crippen LogP contribution in [0.3, 0.4) is 0 Å². The first-order valence-corrected chi connectivity index (χ1v) is 8.18. The van der Waals surface area contributed by atoms with Gasteiger partial charge in [0.1, 0.15) is 0 Å². The van der Waals surface area contributed by atoms with Crippen molar-refractivity contribution in [2.45, 2.75) is 25.7 Å². The van der Waals surface area contributed by atoms with Gasteiger partial charge in [0.05, 0.1) is 4.92 Å². The van der Waals surface area contributed by atoms with Crippen LogP contribution in [-0.4, -0.2) is 16.7 Å². The molecular formula is C18H18N4O4. The molecule has 2 aromatic carbocycles. The van der Waals surface area contributed by atoms with Crippen molar-refractivity contribution in [3.63, 3.8) is 0 Å². The maximum absolute atomic E-state index is 11.0. The number of non-ortho nitro benzene ring substituents is 1. The topological polar surface area (TPSA) is 127 Å². The maximum Gasteiger partial charge on any atom is 0.269 e. The number of nitro benzene ring substituents is 1. The number of amides is 2. The number of nitrogens with two attached hydrogens (primary N) is 1. The molecule has 0 aromatic heterocycles. The van der Waals surface area contributed by atoms with Crippen LogP contribution in [0.1, 0.15) is 24.0 Å². The van der Waals surface area contributed by atoms with Gasteiger partial charge in [-0.2, -0.15) is 0 Å². The van der Waals surface area contributed by atoms with E-state index in [0.29, 0.717) is 24.9 Å². The molecule has 4 N–H and O–H groups in total. The number of nitro groups is 1. The second kappa shape index (κ2) is 7.22. The van der Waals surface area contributed by atoms with Crippen LogP contribution in [0.2, 0.25) is 0 Å². The second-order valence-electron chi connectivity index (χ2n) is 6.11. The lowest BCUT2D eigenvalue weighted by atomic mass is 10.0. The third kappa shape index (κ3) is 3.97. The fourth-order valence-electron chi connectivity index (χ4n) is 2.89. The first-order chi connectivity index (χ1) is 12.4. The van der Waals surface area contributed by atoms with E-state index in [1.54, 1.807) is 12.1 Å². The van der Waals surface area contributed by atoms with Gasteiger partial charge in [0.2, 0.25) is 11.8 Å². The van der Waals surface area contributed by atoms with Crippen molar-refractivity contribution in [2.24, 2.45) is 0 Å². The average Bonchev–Trinajstić information content (AvgIpc) is 2.62.